The summed E-state index contributed by atoms with van der Waals surface area (Å²) in [6, 6.07) is 5.95. The summed E-state index contributed by atoms with van der Waals surface area (Å²) in [6.45, 7) is 6.29. The molecule has 0 radical (unpaired) electrons. The number of hydrogen-bond acceptors (Lipinski definition) is 4. The van der Waals surface area contributed by atoms with Crippen LogP contribution in [0.5, 0.6) is 11.5 Å². The summed E-state index contributed by atoms with van der Waals surface area (Å²) < 4.78 is 11.4. The molecule has 5 nitrogen and oxygen atoms in total. The van der Waals surface area contributed by atoms with Crippen LogP contribution >= 0.6 is 0 Å². The van der Waals surface area contributed by atoms with Crippen LogP contribution in [-0.2, 0) is 11.3 Å². The number of ether oxygens (including phenoxy) is 2. The third-order valence-electron chi connectivity index (χ3n) is 3.90. The summed E-state index contributed by atoms with van der Waals surface area (Å²) in [5, 5.41) is 12.4. The first kappa shape index (κ1) is 16.6. The SMILES string of the molecule is CC(C)(CCNCc1ccc2c(c1)OCCCCO2)C(=O)O. The normalized spacial score (nSPS) is 15.0. The van der Waals surface area contributed by atoms with Gasteiger partial charge in [0.15, 0.2) is 11.5 Å². The Hall–Kier alpha value is -1.75. The van der Waals surface area contributed by atoms with E-state index in [-0.39, 0.29) is 0 Å². The molecule has 0 saturated heterocycles. The second kappa shape index (κ2) is 7.49. The molecular formula is C17H25NO4. The molecule has 0 amide bonds. The smallest absolute Gasteiger partial charge is 0.309 e. The van der Waals surface area contributed by atoms with Gasteiger partial charge in [0.05, 0.1) is 18.6 Å². The highest BCUT2D eigenvalue weighted by molar-refractivity contribution is 5.73. The molecule has 22 heavy (non-hydrogen) atoms. The van der Waals surface area contributed by atoms with E-state index in [4.69, 9.17) is 14.6 Å². The Morgan fingerprint density at radius 2 is 1.91 bits per heavy atom. The first-order chi connectivity index (χ1) is 10.5. The second-order valence-electron chi connectivity index (χ2n) is 6.30. The van der Waals surface area contributed by atoms with Crippen molar-refractivity contribution in [3.8, 4) is 11.5 Å². The first-order valence-corrected chi connectivity index (χ1v) is 7.82. The molecule has 122 valence electrons. The molecule has 0 aromatic heterocycles. The lowest BCUT2D eigenvalue weighted by Crippen LogP contribution is -2.28. The maximum Gasteiger partial charge on any atom is 0.309 e. The quantitative estimate of drug-likeness (QED) is 0.791. The van der Waals surface area contributed by atoms with Crippen LogP contribution in [0.15, 0.2) is 18.2 Å². The monoisotopic (exact) mass is 307 g/mol. The van der Waals surface area contributed by atoms with Gasteiger partial charge in [0.1, 0.15) is 0 Å². The van der Waals surface area contributed by atoms with Crippen LogP contribution in [0.3, 0.4) is 0 Å². The molecule has 0 fully saturated rings. The van der Waals surface area contributed by atoms with Crippen molar-refractivity contribution in [2.45, 2.75) is 39.7 Å². The molecule has 1 aliphatic heterocycles. The van der Waals surface area contributed by atoms with Crippen LogP contribution in [0.4, 0.5) is 0 Å². The van der Waals surface area contributed by atoms with Crippen molar-refractivity contribution in [3.63, 3.8) is 0 Å². The summed E-state index contributed by atoms with van der Waals surface area (Å²) in [4.78, 5) is 11.0. The highest BCUT2D eigenvalue weighted by atomic mass is 16.5. The van der Waals surface area contributed by atoms with Gasteiger partial charge >= 0.3 is 5.97 Å². The van der Waals surface area contributed by atoms with E-state index in [1.165, 1.54) is 0 Å². The predicted molar refractivity (Wildman–Crippen MR) is 84.4 cm³/mol. The average molecular weight is 307 g/mol. The van der Waals surface area contributed by atoms with Crippen molar-refractivity contribution in [3.05, 3.63) is 23.8 Å². The van der Waals surface area contributed by atoms with Crippen LogP contribution in [0.25, 0.3) is 0 Å². The van der Waals surface area contributed by atoms with Crippen molar-refractivity contribution in [1.82, 2.24) is 5.32 Å². The number of rotatable bonds is 6. The van der Waals surface area contributed by atoms with Gasteiger partial charge < -0.3 is 19.9 Å². The summed E-state index contributed by atoms with van der Waals surface area (Å²) in [5.74, 6) is 0.835. The first-order valence-electron chi connectivity index (χ1n) is 7.82. The molecule has 0 saturated carbocycles. The van der Waals surface area contributed by atoms with Gasteiger partial charge in [0.25, 0.3) is 0 Å². The Balaban J connectivity index is 1.86. The van der Waals surface area contributed by atoms with Crippen molar-refractivity contribution < 1.29 is 19.4 Å². The van der Waals surface area contributed by atoms with Gasteiger partial charge in [0.2, 0.25) is 0 Å². The zero-order valence-corrected chi connectivity index (χ0v) is 13.4. The predicted octanol–water partition coefficient (Wildman–Crippen LogP) is 2.83. The third kappa shape index (κ3) is 4.63. The number of hydrogen-bond donors (Lipinski definition) is 2. The number of benzene rings is 1. The molecule has 5 heteroatoms. The largest absolute Gasteiger partial charge is 0.490 e. The van der Waals surface area contributed by atoms with E-state index in [1.54, 1.807) is 13.8 Å². The molecule has 2 rings (SSSR count). The highest BCUT2D eigenvalue weighted by Crippen LogP contribution is 2.30. The van der Waals surface area contributed by atoms with Crippen LogP contribution in [0.2, 0.25) is 0 Å². The zero-order valence-electron chi connectivity index (χ0n) is 13.4. The molecule has 0 aliphatic carbocycles. The lowest BCUT2D eigenvalue weighted by molar-refractivity contribution is -0.147. The van der Waals surface area contributed by atoms with Gasteiger partial charge in [-0.3, -0.25) is 4.79 Å². The molecule has 1 aromatic carbocycles. The Morgan fingerprint density at radius 3 is 2.59 bits per heavy atom. The summed E-state index contributed by atoms with van der Waals surface area (Å²) in [6.07, 6.45) is 2.61. The fourth-order valence-electron chi connectivity index (χ4n) is 2.20. The van der Waals surface area contributed by atoms with E-state index in [1.807, 2.05) is 18.2 Å². The number of carboxylic acid groups (broad SMARTS) is 1. The molecule has 2 N–H and O–H groups in total. The van der Waals surface area contributed by atoms with E-state index in [0.29, 0.717) is 19.5 Å². The Labute approximate surface area is 131 Å². The summed E-state index contributed by atoms with van der Waals surface area (Å²) >= 11 is 0. The molecule has 0 atom stereocenters. The fourth-order valence-corrected chi connectivity index (χ4v) is 2.20. The molecule has 0 unspecified atom stereocenters. The minimum atomic E-state index is -0.763. The van der Waals surface area contributed by atoms with E-state index >= 15 is 0 Å². The summed E-state index contributed by atoms with van der Waals surface area (Å²) in [5.41, 5.74) is 0.409. The fraction of sp³-hybridized carbons (Fsp3) is 0.588. The van der Waals surface area contributed by atoms with Gasteiger partial charge in [0, 0.05) is 6.54 Å². The van der Waals surface area contributed by atoms with Gasteiger partial charge in [-0.2, -0.15) is 0 Å². The zero-order chi connectivity index (χ0) is 16.0. The van der Waals surface area contributed by atoms with Crippen molar-refractivity contribution in [2.75, 3.05) is 19.8 Å². The van der Waals surface area contributed by atoms with E-state index in [9.17, 15) is 4.79 Å². The van der Waals surface area contributed by atoms with E-state index in [0.717, 1.165) is 43.1 Å². The average Bonchev–Trinajstić information content (AvgIpc) is 2.44. The number of aliphatic carboxylic acids is 1. The van der Waals surface area contributed by atoms with Crippen LogP contribution < -0.4 is 14.8 Å². The van der Waals surface area contributed by atoms with Gasteiger partial charge in [-0.05, 0) is 57.4 Å². The van der Waals surface area contributed by atoms with Gasteiger partial charge in [-0.1, -0.05) is 6.07 Å². The molecule has 1 heterocycles. The Kier molecular flexibility index (Phi) is 5.66. The van der Waals surface area contributed by atoms with Crippen LogP contribution in [0, 0.1) is 5.41 Å². The van der Waals surface area contributed by atoms with Crippen molar-refractivity contribution >= 4 is 5.97 Å². The Morgan fingerprint density at radius 1 is 1.23 bits per heavy atom. The molecular weight excluding hydrogens is 282 g/mol. The van der Waals surface area contributed by atoms with Crippen molar-refractivity contribution in [1.29, 1.82) is 0 Å². The minimum absolute atomic E-state index is 0.590. The molecule has 0 bridgehead atoms. The molecule has 1 aromatic rings. The maximum atomic E-state index is 11.0. The second-order valence-corrected chi connectivity index (χ2v) is 6.30. The number of carboxylic acids is 1. The van der Waals surface area contributed by atoms with E-state index in [2.05, 4.69) is 5.32 Å². The highest BCUT2D eigenvalue weighted by Gasteiger charge is 2.26. The molecule has 1 aliphatic rings. The van der Waals surface area contributed by atoms with Crippen LogP contribution in [-0.4, -0.2) is 30.8 Å². The number of carbonyl (C=O) groups is 1. The molecule has 0 spiro atoms. The van der Waals surface area contributed by atoms with E-state index < -0.39 is 11.4 Å². The van der Waals surface area contributed by atoms with Gasteiger partial charge in [-0.25, -0.2) is 0 Å². The number of fused-ring (bicyclic) bond motifs is 1. The minimum Gasteiger partial charge on any atom is -0.490 e. The Bertz CT molecular complexity index is 513. The number of nitrogens with one attached hydrogen (secondary N) is 1. The standard InChI is InChI=1S/C17H25NO4/c1-17(2,16(19)20)7-8-18-12-13-5-6-14-15(11-13)22-10-4-3-9-21-14/h5-6,11,18H,3-4,7-10,12H2,1-2H3,(H,19,20). The lowest BCUT2D eigenvalue weighted by atomic mass is 9.90. The lowest BCUT2D eigenvalue weighted by Gasteiger charge is -2.19. The third-order valence-corrected chi connectivity index (χ3v) is 3.90. The van der Waals surface area contributed by atoms with Gasteiger partial charge in [-0.15, -0.1) is 0 Å². The van der Waals surface area contributed by atoms with Crippen LogP contribution in [0.1, 0.15) is 38.7 Å². The topological polar surface area (TPSA) is 67.8 Å². The van der Waals surface area contributed by atoms with Crippen molar-refractivity contribution in [2.24, 2.45) is 5.41 Å². The summed E-state index contributed by atoms with van der Waals surface area (Å²) in [7, 11) is 0. The maximum absolute atomic E-state index is 11.0.